The zero-order valence-corrected chi connectivity index (χ0v) is 22.5. The average molecular weight is 535 g/mol. The highest BCUT2D eigenvalue weighted by atomic mass is 28.3. The summed E-state index contributed by atoms with van der Waals surface area (Å²) in [5, 5.41) is 7.66. The van der Waals surface area contributed by atoms with Crippen molar-refractivity contribution in [2.24, 2.45) is 5.73 Å². The van der Waals surface area contributed by atoms with Crippen molar-refractivity contribution < 1.29 is 18.7 Å². The van der Waals surface area contributed by atoms with Gasteiger partial charge in [-0.2, -0.15) is 5.10 Å². The Morgan fingerprint density at radius 2 is 2.13 bits per heavy atom. The molecule has 0 unspecified atom stereocenters. The number of nitrogens with two attached hydrogens (primary N) is 1. The van der Waals surface area contributed by atoms with Gasteiger partial charge in [0.1, 0.15) is 28.7 Å². The molecule has 3 heterocycles. The molecule has 5 rings (SSSR count). The number of fused-ring (bicyclic) bond motifs is 1. The van der Waals surface area contributed by atoms with Crippen molar-refractivity contribution in [2.75, 3.05) is 32.2 Å². The smallest absolute Gasteiger partial charge is 0.255 e. The highest BCUT2D eigenvalue weighted by Gasteiger charge is 2.40. The first-order valence-corrected chi connectivity index (χ1v) is 14.2. The summed E-state index contributed by atoms with van der Waals surface area (Å²) in [6, 6.07) is 3.97. The van der Waals surface area contributed by atoms with E-state index in [4.69, 9.17) is 10.5 Å². The molecule has 0 spiro atoms. The number of nitrogens with one attached hydrogen (secondary N) is 1. The molecule has 2 amide bonds. The Labute approximate surface area is 221 Å². The molecule has 1 saturated heterocycles. The quantitative estimate of drug-likeness (QED) is 0.272. The Morgan fingerprint density at radius 3 is 2.76 bits per heavy atom. The molecule has 3 N–H and O–H groups in total. The van der Waals surface area contributed by atoms with E-state index < -0.39 is 20.7 Å². The van der Waals surface area contributed by atoms with Gasteiger partial charge in [-0.15, -0.1) is 0 Å². The number of amides is 2. The maximum absolute atomic E-state index is 15.1. The molecule has 12 heteroatoms. The molecule has 197 valence electrons. The number of hydrogen-bond acceptors (Lipinski definition) is 6. The molecule has 1 saturated carbocycles. The van der Waals surface area contributed by atoms with Gasteiger partial charge in [-0.25, -0.2) is 9.37 Å². The minimum Gasteiger partial charge on any atom is -0.383 e. The predicted octanol–water partition coefficient (Wildman–Crippen LogP) is 1.98. The van der Waals surface area contributed by atoms with E-state index >= 15 is 4.39 Å². The fourth-order valence-electron chi connectivity index (χ4n) is 5.09. The number of aromatic nitrogens is 4. The van der Waals surface area contributed by atoms with Gasteiger partial charge >= 0.3 is 0 Å². The number of imidazole rings is 1. The molecule has 1 aliphatic carbocycles. The van der Waals surface area contributed by atoms with Crippen molar-refractivity contribution in [1.29, 1.82) is 0 Å². The van der Waals surface area contributed by atoms with Gasteiger partial charge < -0.3 is 25.3 Å². The van der Waals surface area contributed by atoms with Gasteiger partial charge in [0.15, 0.2) is 0 Å². The summed E-state index contributed by atoms with van der Waals surface area (Å²) in [7, 11) is 1.75. The summed E-state index contributed by atoms with van der Waals surface area (Å²) in [4.78, 5) is 31.2. The van der Waals surface area contributed by atoms with Crippen molar-refractivity contribution in [2.45, 2.75) is 37.9 Å². The van der Waals surface area contributed by atoms with Crippen LogP contribution < -0.4 is 11.1 Å². The predicted molar refractivity (Wildman–Crippen MR) is 143 cm³/mol. The normalized spacial score (nSPS) is 17.5. The van der Waals surface area contributed by atoms with Gasteiger partial charge in [-0.3, -0.25) is 13.9 Å². The van der Waals surface area contributed by atoms with Crippen LogP contribution in [0.2, 0.25) is 6.04 Å². The Bertz CT molecular complexity index is 1510. The molecule has 10 nitrogen and oxygen atoms in total. The number of benzene rings is 1. The van der Waals surface area contributed by atoms with Crippen LogP contribution in [0.1, 0.15) is 46.3 Å². The summed E-state index contributed by atoms with van der Waals surface area (Å²) in [6.07, 6.45) is 3.86. The van der Waals surface area contributed by atoms with Gasteiger partial charge in [0.05, 0.1) is 29.2 Å². The van der Waals surface area contributed by atoms with E-state index in [0.717, 1.165) is 24.2 Å². The van der Waals surface area contributed by atoms with Crippen molar-refractivity contribution in [3.8, 4) is 11.8 Å². The van der Waals surface area contributed by atoms with Gasteiger partial charge in [-0.05, 0) is 43.9 Å². The molecular weight excluding hydrogens is 505 g/mol. The molecule has 1 radical (unpaired) electrons. The average Bonchev–Trinajstić information content (AvgIpc) is 3.38. The summed E-state index contributed by atoms with van der Waals surface area (Å²) in [6.45, 7) is 5.89. The third kappa shape index (κ3) is 4.48. The molecule has 2 fully saturated rings. The van der Waals surface area contributed by atoms with E-state index in [1.54, 1.807) is 29.5 Å². The van der Waals surface area contributed by atoms with Gasteiger partial charge in [0.25, 0.3) is 5.91 Å². The number of rotatable bonds is 7. The molecule has 1 aromatic carbocycles. The topological polar surface area (TPSA) is 120 Å². The number of methoxy groups -OCH3 is 1. The summed E-state index contributed by atoms with van der Waals surface area (Å²) in [5.41, 5.74) is 7.59. The van der Waals surface area contributed by atoms with Gasteiger partial charge in [0.2, 0.25) is 14.9 Å². The van der Waals surface area contributed by atoms with Crippen LogP contribution in [-0.2, 0) is 9.53 Å². The highest BCUT2D eigenvalue weighted by molar-refractivity contribution is 6.59. The Hall–Kier alpha value is -3.95. The van der Waals surface area contributed by atoms with Crippen LogP contribution in [0, 0.1) is 24.6 Å². The summed E-state index contributed by atoms with van der Waals surface area (Å²) in [5.74, 6) is 5.62. The number of halogens is 1. The van der Waals surface area contributed by atoms with Crippen LogP contribution in [0.4, 0.5) is 10.2 Å². The van der Waals surface area contributed by atoms with Crippen molar-refractivity contribution >= 4 is 37.6 Å². The van der Waals surface area contributed by atoms with Crippen LogP contribution in [0.15, 0.2) is 24.8 Å². The number of carbonyl (C=O) groups excluding carboxylic acids is 2. The first-order valence-electron chi connectivity index (χ1n) is 12.3. The molecule has 1 aliphatic heterocycles. The SMILES string of the molecule is C=CC(=O)N1C[Si](n2nc(C#Cc3cc4nc(C)n(C5CC5)c4cc3F)c(C(N)=O)c2NC)C[C@@H]1COC. The molecule has 38 heavy (non-hydrogen) atoms. The van der Waals surface area contributed by atoms with E-state index in [1.165, 1.54) is 12.1 Å². The van der Waals surface area contributed by atoms with E-state index in [9.17, 15) is 9.59 Å². The molecule has 3 aromatic rings. The number of nitrogens with zero attached hydrogens (tertiary/aromatic N) is 5. The zero-order chi connectivity index (χ0) is 27.1. The number of aryl methyl sites for hydroxylation is 1. The van der Waals surface area contributed by atoms with E-state index in [2.05, 4.69) is 38.4 Å². The van der Waals surface area contributed by atoms with Crippen LogP contribution in [0.3, 0.4) is 0 Å². The van der Waals surface area contributed by atoms with E-state index in [0.29, 0.717) is 36.2 Å². The van der Waals surface area contributed by atoms with Crippen molar-refractivity contribution in [3.63, 3.8) is 0 Å². The fourth-order valence-corrected chi connectivity index (χ4v) is 8.00. The summed E-state index contributed by atoms with van der Waals surface area (Å²) < 4.78 is 24.2. The van der Waals surface area contributed by atoms with E-state index in [1.807, 2.05) is 6.92 Å². The van der Waals surface area contributed by atoms with Crippen LogP contribution >= 0.6 is 0 Å². The third-order valence-electron chi connectivity index (χ3n) is 6.93. The summed E-state index contributed by atoms with van der Waals surface area (Å²) >= 11 is 0. The number of primary amides is 1. The molecular formula is C26H29FN7O3Si. The third-order valence-corrected chi connectivity index (χ3v) is 9.50. The number of ether oxygens (including phenoxy) is 1. The lowest BCUT2D eigenvalue weighted by molar-refractivity contribution is -0.127. The monoisotopic (exact) mass is 534 g/mol. The van der Waals surface area contributed by atoms with Crippen LogP contribution in [0.5, 0.6) is 0 Å². The standard InChI is InChI=1S/C26H29FN7O3Si/c1-5-23(35)32-14-38(13-18(32)12-37-4)34-26(29-3)24(25(28)36)20(31-34)9-6-16-10-21-22(11-19(16)27)33(15(2)30-21)17-7-8-17/h5,10-11,17-18,29H,1,7-8,12-14H2,2-4H3,(H2,28,36)/t18-/m0/s1. The second kappa shape index (κ2) is 10.1. The van der Waals surface area contributed by atoms with Gasteiger partial charge in [-0.1, -0.05) is 12.5 Å². The molecule has 2 aliphatic rings. The van der Waals surface area contributed by atoms with Gasteiger partial charge in [0, 0.05) is 32.4 Å². The highest BCUT2D eigenvalue weighted by Crippen LogP contribution is 2.39. The largest absolute Gasteiger partial charge is 0.383 e. The second-order valence-corrected chi connectivity index (χ2v) is 11.8. The zero-order valence-electron chi connectivity index (χ0n) is 21.5. The minimum atomic E-state index is -1.50. The van der Waals surface area contributed by atoms with Crippen LogP contribution in [0.25, 0.3) is 11.0 Å². The first kappa shape index (κ1) is 25.7. The lowest BCUT2D eigenvalue weighted by Gasteiger charge is -2.22. The maximum Gasteiger partial charge on any atom is 0.255 e. The number of hydrogen-bond donors (Lipinski definition) is 2. The Balaban J connectivity index is 1.53. The second-order valence-electron chi connectivity index (χ2n) is 9.48. The molecule has 0 bridgehead atoms. The Morgan fingerprint density at radius 1 is 1.37 bits per heavy atom. The first-order chi connectivity index (χ1) is 18.3. The maximum atomic E-state index is 15.1. The lowest BCUT2D eigenvalue weighted by atomic mass is 10.1. The van der Waals surface area contributed by atoms with Crippen molar-refractivity contribution in [3.05, 3.63) is 53.3 Å². The molecule has 1 atom stereocenters. The fraction of sp³-hybridized carbons (Fsp3) is 0.385. The molecule has 2 aromatic heterocycles. The lowest BCUT2D eigenvalue weighted by Crippen LogP contribution is -2.38. The minimum absolute atomic E-state index is 0.129. The number of carbonyl (C=O) groups is 2. The number of anilines is 1. The van der Waals surface area contributed by atoms with E-state index in [-0.39, 0.29) is 28.8 Å². The Kier molecular flexibility index (Phi) is 6.81. The van der Waals surface area contributed by atoms with Crippen LogP contribution in [-0.4, -0.2) is 77.6 Å². The van der Waals surface area contributed by atoms with Crippen molar-refractivity contribution in [1.82, 2.24) is 23.9 Å².